The molecule has 1 N–H and O–H groups in total. The number of rotatable bonds is 8. The molecule has 1 aromatic heterocycles. The summed E-state index contributed by atoms with van der Waals surface area (Å²) in [6, 6.07) is 8.01. The van der Waals surface area contributed by atoms with Crippen molar-refractivity contribution in [2.75, 3.05) is 20.3 Å². The lowest BCUT2D eigenvalue weighted by molar-refractivity contribution is -0.120. The van der Waals surface area contributed by atoms with E-state index in [1.807, 2.05) is 38.1 Å². The number of benzene rings is 1. The number of carbonyl (C=O) groups excluding carboxylic acids is 1. The molecule has 5 nitrogen and oxygen atoms in total. The fourth-order valence-corrected chi connectivity index (χ4v) is 3.12. The van der Waals surface area contributed by atoms with E-state index in [1.54, 1.807) is 7.11 Å². The maximum atomic E-state index is 12.1. The molecular weight excluding hydrogens is 298 g/mol. The summed E-state index contributed by atoms with van der Waals surface area (Å²) in [6.07, 6.45) is 0.940. The summed E-state index contributed by atoms with van der Waals surface area (Å²) >= 11 is 1.49. The Labute approximate surface area is 135 Å². The zero-order chi connectivity index (χ0) is 15.9. The second kappa shape index (κ2) is 8.19. The fourth-order valence-electron chi connectivity index (χ4n) is 2.15. The minimum atomic E-state index is -0.176. The van der Waals surface area contributed by atoms with Gasteiger partial charge < -0.3 is 14.6 Å². The Bertz CT molecular complexity index is 627. The van der Waals surface area contributed by atoms with Gasteiger partial charge in [-0.3, -0.25) is 4.79 Å². The van der Waals surface area contributed by atoms with E-state index in [9.17, 15) is 4.79 Å². The SMILES string of the molecule is CCCNC(=O)C(C)Sc1nc2ccccc2n1CCOC. The average Bonchev–Trinajstić information content (AvgIpc) is 2.87. The zero-order valence-electron chi connectivity index (χ0n) is 13.3. The van der Waals surface area contributed by atoms with E-state index in [-0.39, 0.29) is 11.2 Å². The van der Waals surface area contributed by atoms with Gasteiger partial charge in [0.25, 0.3) is 0 Å². The smallest absolute Gasteiger partial charge is 0.233 e. The van der Waals surface area contributed by atoms with Gasteiger partial charge >= 0.3 is 0 Å². The van der Waals surface area contributed by atoms with E-state index in [0.717, 1.165) is 29.2 Å². The molecule has 0 saturated heterocycles. The van der Waals surface area contributed by atoms with E-state index in [4.69, 9.17) is 4.74 Å². The first-order chi connectivity index (χ1) is 10.7. The van der Waals surface area contributed by atoms with Gasteiger partial charge in [-0.1, -0.05) is 30.8 Å². The van der Waals surface area contributed by atoms with Gasteiger partial charge in [0.15, 0.2) is 5.16 Å². The third-order valence-electron chi connectivity index (χ3n) is 3.34. The van der Waals surface area contributed by atoms with Gasteiger partial charge in [-0.25, -0.2) is 4.98 Å². The van der Waals surface area contributed by atoms with Gasteiger partial charge in [0.1, 0.15) is 0 Å². The fraction of sp³-hybridized carbons (Fsp3) is 0.500. The van der Waals surface area contributed by atoms with Crippen molar-refractivity contribution >= 4 is 28.7 Å². The van der Waals surface area contributed by atoms with E-state index in [0.29, 0.717) is 13.2 Å². The van der Waals surface area contributed by atoms with Crippen molar-refractivity contribution in [3.63, 3.8) is 0 Å². The first kappa shape index (κ1) is 16.8. The quantitative estimate of drug-likeness (QED) is 0.760. The largest absolute Gasteiger partial charge is 0.383 e. The standard InChI is InChI=1S/C16H23N3O2S/c1-4-9-17-15(20)12(2)22-16-18-13-7-5-6-8-14(13)19(16)10-11-21-3/h5-8,12H,4,9-11H2,1-3H3,(H,17,20). The minimum Gasteiger partial charge on any atom is -0.383 e. The van der Waals surface area contributed by atoms with Crippen molar-refractivity contribution in [1.29, 1.82) is 0 Å². The molecule has 2 aromatic rings. The van der Waals surface area contributed by atoms with Crippen LogP contribution in [-0.4, -0.2) is 41.0 Å². The predicted molar refractivity (Wildman–Crippen MR) is 90.2 cm³/mol. The highest BCUT2D eigenvalue weighted by atomic mass is 32.2. The normalized spacial score (nSPS) is 12.5. The molecule has 0 radical (unpaired) electrons. The molecule has 1 heterocycles. The molecular formula is C16H23N3O2S. The Kier molecular flexibility index (Phi) is 6.27. The van der Waals surface area contributed by atoms with Crippen molar-refractivity contribution in [2.45, 2.75) is 37.2 Å². The topological polar surface area (TPSA) is 56.2 Å². The van der Waals surface area contributed by atoms with Gasteiger partial charge in [-0.2, -0.15) is 0 Å². The number of nitrogens with zero attached hydrogens (tertiary/aromatic N) is 2. The van der Waals surface area contributed by atoms with Crippen LogP contribution < -0.4 is 5.32 Å². The van der Waals surface area contributed by atoms with Crippen LogP contribution in [0.2, 0.25) is 0 Å². The summed E-state index contributed by atoms with van der Waals surface area (Å²) in [5, 5.41) is 3.61. The summed E-state index contributed by atoms with van der Waals surface area (Å²) in [5.41, 5.74) is 2.02. The third kappa shape index (κ3) is 4.01. The summed E-state index contributed by atoms with van der Waals surface area (Å²) in [4.78, 5) is 16.7. The van der Waals surface area contributed by atoms with Crippen LogP contribution in [-0.2, 0) is 16.1 Å². The van der Waals surface area contributed by atoms with Crippen molar-refractivity contribution in [3.8, 4) is 0 Å². The van der Waals surface area contributed by atoms with Gasteiger partial charge in [0.05, 0.1) is 22.9 Å². The maximum Gasteiger partial charge on any atom is 0.233 e. The zero-order valence-corrected chi connectivity index (χ0v) is 14.2. The molecule has 6 heteroatoms. The number of carbonyl (C=O) groups is 1. The number of fused-ring (bicyclic) bond motifs is 1. The minimum absolute atomic E-state index is 0.0530. The highest BCUT2D eigenvalue weighted by molar-refractivity contribution is 8.00. The Morgan fingerprint density at radius 3 is 2.95 bits per heavy atom. The van der Waals surface area contributed by atoms with Crippen molar-refractivity contribution < 1.29 is 9.53 Å². The van der Waals surface area contributed by atoms with E-state index >= 15 is 0 Å². The lowest BCUT2D eigenvalue weighted by Gasteiger charge is -2.13. The molecule has 1 atom stereocenters. The van der Waals surface area contributed by atoms with Crippen LogP contribution in [0.15, 0.2) is 29.4 Å². The second-order valence-corrected chi connectivity index (χ2v) is 6.39. The highest BCUT2D eigenvalue weighted by Crippen LogP contribution is 2.27. The Morgan fingerprint density at radius 1 is 1.45 bits per heavy atom. The van der Waals surface area contributed by atoms with Gasteiger partial charge in [-0.05, 0) is 25.5 Å². The third-order valence-corrected chi connectivity index (χ3v) is 4.43. The van der Waals surface area contributed by atoms with Crippen LogP contribution in [0.4, 0.5) is 0 Å². The summed E-state index contributed by atoms with van der Waals surface area (Å²) in [7, 11) is 1.69. The highest BCUT2D eigenvalue weighted by Gasteiger charge is 2.18. The van der Waals surface area contributed by atoms with Crippen LogP contribution in [0, 0.1) is 0 Å². The van der Waals surface area contributed by atoms with Crippen LogP contribution in [0.5, 0.6) is 0 Å². The summed E-state index contributed by atoms with van der Waals surface area (Å²) in [5.74, 6) is 0.0530. The molecule has 0 aliphatic rings. The second-order valence-electron chi connectivity index (χ2n) is 5.08. The lowest BCUT2D eigenvalue weighted by atomic mass is 10.3. The Balaban J connectivity index is 2.20. The molecule has 1 aromatic carbocycles. The monoisotopic (exact) mass is 321 g/mol. The van der Waals surface area contributed by atoms with Gasteiger partial charge in [-0.15, -0.1) is 0 Å². The average molecular weight is 321 g/mol. The number of hydrogen-bond acceptors (Lipinski definition) is 4. The van der Waals surface area contributed by atoms with Crippen molar-refractivity contribution in [3.05, 3.63) is 24.3 Å². The van der Waals surface area contributed by atoms with Crippen LogP contribution in [0.3, 0.4) is 0 Å². The van der Waals surface area contributed by atoms with E-state index < -0.39 is 0 Å². The number of amides is 1. The number of nitrogens with one attached hydrogen (secondary N) is 1. The number of thioether (sulfide) groups is 1. The van der Waals surface area contributed by atoms with Gasteiger partial charge in [0.2, 0.25) is 5.91 Å². The molecule has 120 valence electrons. The first-order valence-electron chi connectivity index (χ1n) is 7.56. The van der Waals surface area contributed by atoms with E-state index in [2.05, 4.69) is 14.9 Å². The number of ether oxygens (including phenoxy) is 1. The Morgan fingerprint density at radius 2 is 2.23 bits per heavy atom. The van der Waals surface area contributed by atoms with Crippen LogP contribution in [0.25, 0.3) is 11.0 Å². The van der Waals surface area contributed by atoms with E-state index in [1.165, 1.54) is 11.8 Å². The number of methoxy groups -OCH3 is 1. The molecule has 0 fully saturated rings. The lowest BCUT2D eigenvalue weighted by Crippen LogP contribution is -2.31. The molecule has 0 aliphatic heterocycles. The molecule has 22 heavy (non-hydrogen) atoms. The number of hydrogen-bond donors (Lipinski definition) is 1. The van der Waals surface area contributed by atoms with Crippen molar-refractivity contribution in [1.82, 2.24) is 14.9 Å². The molecule has 0 saturated carbocycles. The number of aromatic nitrogens is 2. The molecule has 2 rings (SSSR count). The number of imidazole rings is 1. The molecule has 1 amide bonds. The van der Waals surface area contributed by atoms with Crippen molar-refractivity contribution in [2.24, 2.45) is 0 Å². The first-order valence-corrected chi connectivity index (χ1v) is 8.44. The van der Waals surface area contributed by atoms with Gasteiger partial charge in [0, 0.05) is 20.2 Å². The Hall–Kier alpha value is -1.53. The summed E-state index contributed by atoms with van der Waals surface area (Å²) in [6.45, 7) is 6.01. The maximum absolute atomic E-state index is 12.1. The summed E-state index contributed by atoms with van der Waals surface area (Å²) < 4.78 is 7.31. The predicted octanol–water partition coefficient (Wildman–Crippen LogP) is 2.69. The molecule has 0 bridgehead atoms. The van der Waals surface area contributed by atoms with Crippen LogP contribution >= 0.6 is 11.8 Å². The number of para-hydroxylation sites is 2. The molecule has 1 unspecified atom stereocenters. The van der Waals surface area contributed by atoms with Crippen LogP contribution in [0.1, 0.15) is 20.3 Å². The molecule has 0 aliphatic carbocycles. The molecule has 0 spiro atoms.